The number of carbonyl (C=O) groups is 2. The molecule has 1 aromatic carbocycles. The highest BCUT2D eigenvalue weighted by Gasteiger charge is 2.00. The Hall–Kier alpha value is -1.59. The van der Waals surface area contributed by atoms with E-state index in [0.717, 1.165) is 0 Å². The van der Waals surface area contributed by atoms with Crippen molar-refractivity contribution in [1.29, 1.82) is 0 Å². The Morgan fingerprint density at radius 2 is 1.93 bits per heavy atom. The van der Waals surface area contributed by atoms with E-state index >= 15 is 0 Å². The molecule has 0 aromatic heterocycles. The smallest absolute Gasteiger partial charge is 0.335 e. The van der Waals surface area contributed by atoms with E-state index in [4.69, 9.17) is 26.6 Å². The molecule has 0 spiro atoms. The van der Waals surface area contributed by atoms with Crippen LogP contribution < -0.4 is 6.15 Å². The largest absolute Gasteiger partial charge is 0.483 e. The SMILES string of the molecule is N.O=C(O)c1cccc(Cl)c1.O=CO. The lowest BCUT2D eigenvalue weighted by Crippen LogP contribution is -1.94. The predicted molar refractivity (Wildman–Crippen MR) is 52.1 cm³/mol. The maximum absolute atomic E-state index is 10.3. The van der Waals surface area contributed by atoms with Gasteiger partial charge >= 0.3 is 5.97 Å². The molecule has 0 aliphatic heterocycles. The van der Waals surface area contributed by atoms with E-state index in [-0.39, 0.29) is 18.2 Å². The van der Waals surface area contributed by atoms with Crippen LogP contribution in [-0.4, -0.2) is 22.7 Å². The minimum absolute atomic E-state index is 0. The van der Waals surface area contributed by atoms with Crippen LogP contribution in [0.1, 0.15) is 10.4 Å². The van der Waals surface area contributed by atoms with Gasteiger partial charge < -0.3 is 16.4 Å². The van der Waals surface area contributed by atoms with Gasteiger partial charge in [0.1, 0.15) is 0 Å². The van der Waals surface area contributed by atoms with E-state index in [1.165, 1.54) is 12.1 Å². The van der Waals surface area contributed by atoms with Crippen LogP contribution in [0.3, 0.4) is 0 Å². The summed E-state index contributed by atoms with van der Waals surface area (Å²) in [5.74, 6) is -0.956. The van der Waals surface area contributed by atoms with Crippen LogP contribution in [0.4, 0.5) is 0 Å². The Labute approximate surface area is 85.5 Å². The first kappa shape index (κ1) is 14.9. The van der Waals surface area contributed by atoms with Gasteiger partial charge in [0.25, 0.3) is 6.47 Å². The third kappa shape index (κ3) is 5.99. The van der Waals surface area contributed by atoms with Crippen LogP contribution >= 0.6 is 11.6 Å². The van der Waals surface area contributed by atoms with Gasteiger partial charge in [-0.3, -0.25) is 4.79 Å². The van der Waals surface area contributed by atoms with Crippen molar-refractivity contribution in [2.45, 2.75) is 0 Å². The Bertz CT molecular complexity index is 303. The maximum atomic E-state index is 10.3. The molecule has 0 saturated heterocycles. The first-order chi connectivity index (χ1) is 6.11. The average molecular weight is 220 g/mol. The molecule has 5 nitrogen and oxygen atoms in total. The monoisotopic (exact) mass is 219 g/mol. The van der Waals surface area contributed by atoms with Crippen molar-refractivity contribution < 1.29 is 19.8 Å². The fraction of sp³-hybridized carbons (Fsp3) is 0. The zero-order valence-corrected chi connectivity index (χ0v) is 7.94. The van der Waals surface area contributed by atoms with Gasteiger partial charge in [-0.2, -0.15) is 0 Å². The fourth-order valence-corrected chi connectivity index (χ4v) is 0.812. The highest BCUT2D eigenvalue weighted by atomic mass is 35.5. The summed E-state index contributed by atoms with van der Waals surface area (Å²) in [4.78, 5) is 18.7. The topological polar surface area (TPSA) is 110 Å². The van der Waals surface area contributed by atoms with E-state index in [9.17, 15) is 4.79 Å². The predicted octanol–water partition coefficient (Wildman–Crippen LogP) is 1.90. The van der Waals surface area contributed by atoms with Crippen molar-refractivity contribution in [3.8, 4) is 0 Å². The maximum Gasteiger partial charge on any atom is 0.335 e. The molecule has 0 fully saturated rings. The fourth-order valence-electron chi connectivity index (χ4n) is 0.622. The number of hydrogen-bond acceptors (Lipinski definition) is 3. The summed E-state index contributed by atoms with van der Waals surface area (Å²) in [7, 11) is 0. The number of rotatable bonds is 1. The highest BCUT2D eigenvalue weighted by Crippen LogP contribution is 2.09. The third-order valence-electron chi connectivity index (χ3n) is 1.07. The molecule has 0 aliphatic carbocycles. The van der Waals surface area contributed by atoms with Crippen LogP contribution in [0.15, 0.2) is 24.3 Å². The second-order valence-electron chi connectivity index (χ2n) is 1.92. The molecule has 0 bridgehead atoms. The van der Waals surface area contributed by atoms with Gasteiger partial charge in [-0.15, -0.1) is 0 Å². The zero-order chi connectivity index (χ0) is 10.3. The molecular weight excluding hydrogens is 210 g/mol. The molecule has 0 aliphatic rings. The molecule has 0 radical (unpaired) electrons. The Balaban J connectivity index is 0. The zero-order valence-electron chi connectivity index (χ0n) is 7.18. The molecular formula is C8H10ClNO4. The standard InChI is InChI=1S/C7H5ClO2.CH2O2.H3N/c8-6-3-1-2-5(4-6)7(9)10;2-1-3;/h1-4H,(H,9,10);1H,(H,2,3);1H3. The highest BCUT2D eigenvalue weighted by molar-refractivity contribution is 6.30. The van der Waals surface area contributed by atoms with Gasteiger partial charge in [-0.1, -0.05) is 17.7 Å². The molecule has 78 valence electrons. The molecule has 14 heavy (non-hydrogen) atoms. The summed E-state index contributed by atoms with van der Waals surface area (Å²) in [5.41, 5.74) is 0.215. The molecule has 6 heteroatoms. The summed E-state index contributed by atoms with van der Waals surface area (Å²) in [6, 6.07) is 6.14. The Kier molecular flexibility index (Phi) is 8.55. The summed E-state index contributed by atoms with van der Waals surface area (Å²) in [6.45, 7) is -0.250. The molecule has 1 rings (SSSR count). The second kappa shape index (κ2) is 8.03. The number of aromatic carboxylic acids is 1. The molecule has 5 N–H and O–H groups in total. The minimum atomic E-state index is -0.956. The first-order valence-corrected chi connectivity index (χ1v) is 3.56. The van der Waals surface area contributed by atoms with Crippen LogP contribution in [0, 0.1) is 0 Å². The lowest BCUT2D eigenvalue weighted by molar-refractivity contribution is -0.122. The van der Waals surface area contributed by atoms with Crippen molar-refractivity contribution >= 4 is 24.0 Å². The first-order valence-electron chi connectivity index (χ1n) is 3.18. The molecule has 0 amide bonds. The number of halogens is 1. The Morgan fingerprint density at radius 3 is 2.21 bits per heavy atom. The van der Waals surface area contributed by atoms with E-state index < -0.39 is 5.97 Å². The molecule has 0 unspecified atom stereocenters. The summed E-state index contributed by atoms with van der Waals surface area (Å²) in [6.07, 6.45) is 0. The van der Waals surface area contributed by atoms with Crippen LogP contribution in [0.25, 0.3) is 0 Å². The van der Waals surface area contributed by atoms with Crippen molar-refractivity contribution in [3.63, 3.8) is 0 Å². The molecule has 1 aromatic rings. The third-order valence-corrected chi connectivity index (χ3v) is 1.31. The summed E-state index contributed by atoms with van der Waals surface area (Å²) < 4.78 is 0. The van der Waals surface area contributed by atoms with Crippen LogP contribution in [0.5, 0.6) is 0 Å². The lowest BCUT2D eigenvalue weighted by atomic mass is 10.2. The lowest BCUT2D eigenvalue weighted by Gasteiger charge is -1.92. The van der Waals surface area contributed by atoms with Crippen LogP contribution in [0.2, 0.25) is 5.02 Å². The summed E-state index contributed by atoms with van der Waals surface area (Å²) in [5, 5.41) is 15.8. The van der Waals surface area contributed by atoms with Gasteiger partial charge in [0, 0.05) is 5.02 Å². The molecule has 0 saturated carbocycles. The van der Waals surface area contributed by atoms with Crippen LogP contribution in [-0.2, 0) is 4.79 Å². The van der Waals surface area contributed by atoms with Gasteiger partial charge in [-0.05, 0) is 18.2 Å². The number of benzene rings is 1. The summed E-state index contributed by atoms with van der Waals surface area (Å²) >= 11 is 5.53. The second-order valence-corrected chi connectivity index (χ2v) is 2.36. The van der Waals surface area contributed by atoms with Gasteiger partial charge in [-0.25, -0.2) is 4.79 Å². The number of hydrogen-bond donors (Lipinski definition) is 3. The minimum Gasteiger partial charge on any atom is -0.483 e. The van der Waals surface area contributed by atoms with E-state index in [1.54, 1.807) is 12.1 Å². The number of carboxylic acid groups (broad SMARTS) is 2. The molecule has 0 atom stereocenters. The van der Waals surface area contributed by atoms with E-state index in [1.807, 2.05) is 0 Å². The van der Waals surface area contributed by atoms with Crippen molar-refractivity contribution in [1.82, 2.24) is 6.15 Å². The van der Waals surface area contributed by atoms with E-state index in [2.05, 4.69) is 0 Å². The Morgan fingerprint density at radius 1 is 1.43 bits per heavy atom. The van der Waals surface area contributed by atoms with Crippen molar-refractivity contribution in [2.75, 3.05) is 0 Å². The molecule has 0 heterocycles. The average Bonchev–Trinajstić information content (AvgIpc) is 2.05. The van der Waals surface area contributed by atoms with Gasteiger partial charge in [0.05, 0.1) is 5.56 Å². The van der Waals surface area contributed by atoms with Crippen molar-refractivity contribution in [3.05, 3.63) is 34.9 Å². The normalized spacial score (nSPS) is 7.50. The quantitative estimate of drug-likeness (QED) is 0.625. The number of carboxylic acids is 1. The van der Waals surface area contributed by atoms with Gasteiger partial charge in [0.2, 0.25) is 0 Å². The van der Waals surface area contributed by atoms with Gasteiger partial charge in [0.15, 0.2) is 0 Å². The van der Waals surface area contributed by atoms with Crippen molar-refractivity contribution in [2.24, 2.45) is 0 Å². The van der Waals surface area contributed by atoms with E-state index in [0.29, 0.717) is 5.02 Å².